The quantitative estimate of drug-likeness (QED) is 0.358. The van der Waals surface area contributed by atoms with Gasteiger partial charge in [-0.25, -0.2) is 9.37 Å². The molecule has 0 unspecified atom stereocenters. The minimum atomic E-state index is -0.473. The standard InChI is InChI=1S/C24H24FNO5S/c1-4-6-19(28)18-14-32-23(26-18)13-17(27)12-15-11-16(25)9-10-20(15)31-22-8-5-7-21(29-2)24(22)30-3/h5,7-11,14H,4,6,12-13H2,1-3H3. The molecule has 6 nitrogen and oxygen atoms in total. The summed E-state index contributed by atoms with van der Waals surface area (Å²) in [6.45, 7) is 1.93. The lowest BCUT2D eigenvalue weighted by atomic mass is 10.1. The Morgan fingerprint density at radius 3 is 2.53 bits per heavy atom. The minimum Gasteiger partial charge on any atom is -0.493 e. The highest BCUT2D eigenvalue weighted by atomic mass is 32.1. The molecule has 0 radical (unpaired) electrons. The van der Waals surface area contributed by atoms with Crippen molar-refractivity contribution in [3.05, 3.63) is 63.9 Å². The zero-order chi connectivity index (χ0) is 23.1. The summed E-state index contributed by atoms with van der Waals surface area (Å²) in [4.78, 5) is 28.9. The molecular weight excluding hydrogens is 433 g/mol. The number of carbonyl (C=O) groups excluding carboxylic acids is 2. The molecule has 0 aliphatic rings. The maximum atomic E-state index is 13.9. The number of thiazole rings is 1. The fourth-order valence-electron chi connectivity index (χ4n) is 3.16. The number of carbonyl (C=O) groups is 2. The van der Waals surface area contributed by atoms with Crippen LogP contribution in [0.5, 0.6) is 23.0 Å². The van der Waals surface area contributed by atoms with E-state index in [1.165, 1.54) is 43.8 Å². The van der Waals surface area contributed by atoms with Gasteiger partial charge in [0.25, 0.3) is 0 Å². The summed E-state index contributed by atoms with van der Waals surface area (Å²) in [6.07, 6.45) is 1.18. The summed E-state index contributed by atoms with van der Waals surface area (Å²) in [5, 5.41) is 2.23. The number of ether oxygens (including phenoxy) is 3. The number of Topliss-reactive ketones (excluding diaryl/α,β-unsaturated/α-hetero) is 2. The van der Waals surface area contributed by atoms with Crippen molar-refractivity contribution in [3.63, 3.8) is 0 Å². The largest absolute Gasteiger partial charge is 0.493 e. The van der Waals surface area contributed by atoms with Crippen molar-refractivity contribution in [1.82, 2.24) is 4.98 Å². The first-order valence-electron chi connectivity index (χ1n) is 10.1. The molecule has 8 heteroatoms. The monoisotopic (exact) mass is 457 g/mol. The van der Waals surface area contributed by atoms with Gasteiger partial charge in [0, 0.05) is 23.8 Å². The number of methoxy groups -OCH3 is 2. The van der Waals surface area contributed by atoms with Crippen LogP contribution in [0.1, 0.15) is 40.8 Å². The van der Waals surface area contributed by atoms with Crippen LogP contribution >= 0.6 is 11.3 Å². The number of nitrogens with zero attached hydrogens (tertiary/aromatic N) is 1. The highest BCUT2D eigenvalue weighted by molar-refractivity contribution is 7.09. The summed E-state index contributed by atoms with van der Waals surface area (Å²) >= 11 is 1.27. The van der Waals surface area contributed by atoms with Gasteiger partial charge in [-0.2, -0.15) is 0 Å². The lowest BCUT2D eigenvalue weighted by molar-refractivity contribution is -0.117. The SMILES string of the molecule is CCCC(=O)c1csc(CC(=O)Cc2cc(F)ccc2Oc2cccc(OC)c2OC)n1. The van der Waals surface area contributed by atoms with Crippen LogP contribution < -0.4 is 14.2 Å². The van der Waals surface area contributed by atoms with E-state index in [0.29, 0.717) is 45.7 Å². The van der Waals surface area contributed by atoms with Crippen LogP contribution in [0.15, 0.2) is 41.8 Å². The van der Waals surface area contributed by atoms with Gasteiger partial charge in [0.1, 0.15) is 28.1 Å². The minimum absolute atomic E-state index is 0.0319. The van der Waals surface area contributed by atoms with Gasteiger partial charge < -0.3 is 14.2 Å². The number of halogens is 1. The van der Waals surface area contributed by atoms with E-state index in [9.17, 15) is 14.0 Å². The zero-order valence-corrected chi connectivity index (χ0v) is 19.0. The summed E-state index contributed by atoms with van der Waals surface area (Å²) in [5.74, 6) is 0.929. The molecule has 0 spiro atoms. The molecule has 0 saturated heterocycles. The maximum absolute atomic E-state index is 13.9. The first-order valence-corrected chi connectivity index (χ1v) is 11.0. The number of ketones is 2. The van der Waals surface area contributed by atoms with Crippen LogP contribution in [-0.2, 0) is 17.6 Å². The Hall–Kier alpha value is -3.26. The summed E-state index contributed by atoms with van der Waals surface area (Å²) in [5.41, 5.74) is 0.790. The number of para-hydroxylation sites is 1. The Kier molecular flexibility index (Phi) is 7.94. The first kappa shape index (κ1) is 23.4. The molecule has 0 aliphatic heterocycles. The highest BCUT2D eigenvalue weighted by Gasteiger charge is 2.17. The molecule has 32 heavy (non-hydrogen) atoms. The fraction of sp³-hybridized carbons (Fsp3) is 0.292. The molecule has 0 N–H and O–H groups in total. The van der Waals surface area contributed by atoms with E-state index in [0.717, 1.165) is 6.42 Å². The number of aromatic nitrogens is 1. The van der Waals surface area contributed by atoms with Crippen molar-refractivity contribution in [2.75, 3.05) is 14.2 Å². The third-order valence-electron chi connectivity index (χ3n) is 4.66. The Labute approximate surface area is 190 Å². The lowest BCUT2D eigenvalue weighted by Crippen LogP contribution is -2.08. The number of benzene rings is 2. The normalized spacial score (nSPS) is 10.6. The van der Waals surface area contributed by atoms with E-state index in [-0.39, 0.29) is 24.4 Å². The second-order valence-corrected chi connectivity index (χ2v) is 7.98. The predicted molar refractivity (Wildman–Crippen MR) is 120 cm³/mol. The van der Waals surface area contributed by atoms with Crippen molar-refractivity contribution in [3.8, 4) is 23.0 Å². The molecule has 3 rings (SSSR count). The second kappa shape index (κ2) is 10.9. The summed E-state index contributed by atoms with van der Waals surface area (Å²) < 4.78 is 30.6. The number of rotatable bonds is 11. The molecule has 3 aromatic rings. The van der Waals surface area contributed by atoms with Crippen LogP contribution in [0.2, 0.25) is 0 Å². The van der Waals surface area contributed by atoms with Crippen LogP contribution in [0, 0.1) is 5.82 Å². The summed E-state index contributed by atoms with van der Waals surface area (Å²) in [7, 11) is 3.01. The van der Waals surface area contributed by atoms with E-state index < -0.39 is 5.82 Å². The Bertz CT molecular complexity index is 1110. The smallest absolute Gasteiger partial charge is 0.203 e. The van der Waals surface area contributed by atoms with Gasteiger partial charge in [-0.3, -0.25) is 9.59 Å². The van der Waals surface area contributed by atoms with Gasteiger partial charge in [0.05, 0.1) is 20.6 Å². The van der Waals surface area contributed by atoms with Gasteiger partial charge >= 0.3 is 0 Å². The van der Waals surface area contributed by atoms with E-state index in [4.69, 9.17) is 14.2 Å². The van der Waals surface area contributed by atoms with Crippen molar-refractivity contribution in [2.45, 2.75) is 32.6 Å². The van der Waals surface area contributed by atoms with Crippen LogP contribution in [0.4, 0.5) is 4.39 Å². The third-order valence-corrected chi connectivity index (χ3v) is 5.51. The molecule has 2 aromatic carbocycles. The van der Waals surface area contributed by atoms with Crippen molar-refractivity contribution >= 4 is 22.9 Å². The molecular formula is C24H24FNO5S. The van der Waals surface area contributed by atoms with Crippen LogP contribution in [0.3, 0.4) is 0 Å². The predicted octanol–water partition coefficient (Wildman–Crippen LogP) is 5.43. The molecule has 168 valence electrons. The van der Waals surface area contributed by atoms with Crippen LogP contribution in [-0.4, -0.2) is 30.8 Å². The maximum Gasteiger partial charge on any atom is 0.203 e. The molecule has 0 bridgehead atoms. The van der Waals surface area contributed by atoms with E-state index in [1.54, 1.807) is 23.6 Å². The first-order chi connectivity index (χ1) is 15.4. The lowest BCUT2D eigenvalue weighted by Gasteiger charge is -2.15. The molecule has 1 aromatic heterocycles. The van der Waals surface area contributed by atoms with Crippen molar-refractivity contribution < 1.29 is 28.2 Å². The number of hydrogen-bond donors (Lipinski definition) is 0. The highest BCUT2D eigenvalue weighted by Crippen LogP contribution is 2.40. The Morgan fingerprint density at radius 2 is 1.81 bits per heavy atom. The van der Waals surface area contributed by atoms with E-state index in [2.05, 4.69) is 4.98 Å². The van der Waals surface area contributed by atoms with Gasteiger partial charge in [-0.05, 0) is 36.8 Å². The van der Waals surface area contributed by atoms with E-state index >= 15 is 0 Å². The summed E-state index contributed by atoms with van der Waals surface area (Å²) in [6, 6.07) is 9.18. The third kappa shape index (κ3) is 5.70. The Balaban J connectivity index is 1.77. The molecule has 0 saturated carbocycles. The van der Waals surface area contributed by atoms with Gasteiger partial charge in [-0.1, -0.05) is 13.0 Å². The average Bonchev–Trinajstić information content (AvgIpc) is 3.24. The zero-order valence-electron chi connectivity index (χ0n) is 18.1. The van der Waals surface area contributed by atoms with Gasteiger partial charge in [0.15, 0.2) is 17.3 Å². The van der Waals surface area contributed by atoms with Gasteiger partial charge in [-0.15, -0.1) is 11.3 Å². The van der Waals surface area contributed by atoms with E-state index in [1.807, 2.05) is 6.92 Å². The van der Waals surface area contributed by atoms with Crippen molar-refractivity contribution in [1.29, 1.82) is 0 Å². The molecule has 0 amide bonds. The van der Waals surface area contributed by atoms with Crippen molar-refractivity contribution in [2.24, 2.45) is 0 Å². The molecule has 0 fully saturated rings. The number of hydrogen-bond acceptors (Lipinski definition) is 7. The van der Waals surface area contributed by atoms with Crippen LogP contribution in [0.25, 0.3) is 0 Å². The average molecular weight is 458 g/mol. The van der Waals surface area contributed by atoms with Gasteiger partial charge in [0.2, 0.25) is 5.75 Å². The molecule has 0 atom stereocenters. The fourth-order valence-corrected chi connectivity index (χ4v) is 3.99. The Morgan fingerprint density at radius 1 is 1.03 bits per heavy atom. The topological polar surface area (TPSA) is 74.7 Å². The molecule has 0 aliphatic carbocycles. The molecule has 1 heterocycles. The second-order valence-electron chi connectivity index (χ2n) is 7.04.